The fourth-order valence-corrected chi connectivity index (χ4v) is 0.718. The van der Waals surface area contributed by atoms with Crippen LogP contribution in [0.15, 0.2) is 24.3 Å². The fourth-order valence-electron chi connectivity index (χ4n) is 0.592. The van der Waals surface area contributed by atoms with E-state index >= 15 is 0 Å². The molecule has 0 aromatic heterocycles. The average Bonchev–Trinajstić information content (AvgIpc) is 1.88. The molecule has 0 aliphatic heterocycles. The number of halogens is 1. The van der Waals surface area contributed by atoms with Crippen LogP contribution in [0.5, 0.6) is 0 Å². The summed E-state index contributed by atoms with van der Waals surface area (Å²) in [6, 6.07) is 6.02. The molecule has 0 saturated carbocycles. The lowest BCUT2D eigenvalue weighted by Crippen LogP contribution is -2.99. The number of nitrogens with one attached hydrogen (secondary N) is 1. The highest BCUT2D eigenvalue weighted by Gasteiger charge is 1.96. The number of benzene rings is 1. The van der Waals surface area contributed by atoms with Crippen LogP contribution < -0.4 is 5.23 Å². The molecule has 10 heavy (non-hydrogen) atoms. The minimum absolute atomic E-state index is 0.254. The summed E-state index contributed by atoms with van der Waals surface area (Å²) in [6.45, 7) is 0. The molecule has 0 radical (unpaired) electrons. The van der Waals surface area contributed by atoms with Crippen molar-refractivity contribution in [3.63, 3.8) is 0 Å². The van der Waals surface area contributed by atoms with Crippen LogP contribution >= 0.6 is 11.6 Å². The Balaban J connectivity index is 2.89. The van der Waals surface area contributed by atoms with Gasteiger partial charge in [-0.1, -0.05) is 11.6 Å². The van der Waals surface area contributed by atoms with Gasteiger partial charge in [-0.2, -0.15) is 5.23 Å². The Bertz CT molecular complexity index is 209. The molecule has 2 N–H and O–H groups in total. The minimum atomic E-state index is -0.934. The standard InChI is InChI=1S/C6H6ClNO2/c7-5-1-3-6(4-2-5)8(9)10/h1-4,8-9H. The second-order valence-electron chi connectivity index (χ2n) is 1.81. The quantitative estimate of drug-likeness (QED) is 0.594. The van der Waals surface area contributed by atoms with Gasteiger partial charge in [-0.05, 0) is 12.1 Å². The predicted octanol–water partition coefficient (Wildman–Crippen LogP) is 0.743. The average molecular weight is 160 g/mol. The third kappa shape index (κ3) is 1.68. The van der Waals surface area contributed by atoms with E-state index in [1.54, 1.807) is 12.1 Å². The van der Waals surface area contributed by atoms with Gasteiger partial charge in [-0.15, -0.1) is 0 Å². The first-order valence-electron chi connectivity index (χ1n) is 2.69. The van der Waals surface area contributed by atoms with Crippen LogP contribution in [0.2, 0.25) is 5.02 Å². The summed E-state index contributed by atoms with van der Waals surface area (Å²) in [5.41, 5.74) is 0.254. The first-order chi connectivity index (χ1) is 4.70. The zero-order valence-electron chi connectivity index (χ0n) is 5.04. The third-order valence-corrected chi connectivity index (χ3v) is 1.34. The molecule has 0 amide bonds. The van der Waals surface area contributed by atoms with Gasteiger partial charge in [0.2, 0.25) is 0 Å². The van der Waals surface area contributed by atoms with E-state index in [0.717, 1.165) is 0 Å². The summed E-state index contributed by atoms with van der Waals surface area (Å²) in [4.78, 5) is 0. The monoisotopic (exact) mass is 159 g/mol. The van der Waals surface area contributed by atoms with E-state index in [9.17, 15) is 5.21 Å². The van der Waals surface area contributed by atoms with E-state index in [1.807, 2.05) is 0 Å². The summed E-state index contributed by atoms with van der Waals surface area (Å²) in [5.74, 6) is 0. The Kier molecular flexibility index (Phi) is 2.24. The maximum Gasteiger partial charge on any atom is 0.163 e. The molecule has 0 aliphatic carbocycles. The van der Waals surface area contributed by atoms with Crippen molar-refractivity contribution in [2.75, 3.05) is 0 Å². The molecule has 1 aromatic carbocycles. The van der Waals surface area contributed by atoms with Gasteiger partial charge in [0.1, 0.15) is 0 Å². The molecule has 0 spiro atoms. The normalized spacial score (nSPS) is 13.1. The molecule has 4 heteroatoms. The van der Waals surface area contributed by atoms with Crippen LogP contribution in [0.25, 0.3) is 0 Å². The fraction of sp³-hybridized carbons (Fsp3) is 0. The Morgan fingerprint density at radius 1 is 1.30 bits per heavy atom. The molecule has 1 aromatic rings. The summed E-state index contributed by atoms with van der Waals surface area (Å²) in [7, 11) is 0. The summed E-state index contributed by atoms with van der Waals surface area (Å²) in [6.07, 6.45) is 0. The SMILES string of the molecule is [O-][NH+](O)c1ccc(Cl)cc1. The summed E-state index contributed by atoms with van der Waals surface area (Å²) < 4.78 is 0. The minimum Gasteiger partial charge on any atom is -0.595 e. The Labute approximate surface area is 63.0 Å². The van der Waals surface area contributed by atoms with Crippen molar-refractivity contribution in [1.82, 2.24) is 0 Å². The molecule has 0 fully saturated rings. The van der Waals surface area contributed by atoms with Crippen LogP contribution in [-0.2, 0) is 0 Å². The van der Waals surface area contributed by atoms with E-state index in [0.29, 0.717) is 5.02 Å². The molecule has 0 saturated heterocycles. The molecule has 54 valence electrons. The van der Waals surface area contributed by atoms with Crippen molar-refractivity contribution >= 4 is 17.3 Å². The molecule has 3 nitrogen and oxygen atoms in total. The van der Waals surface area contributed by atoms with E-state index in [-0.39, 0.29) is 5.69 Å². The lowest BCUT2D eigenvalue weighted by atomic mass is 10.3. The van der Waals surface area contributed by atoms with Gasteiger partial charge in [-0.25, -0.2) is 5.21 Å². The zero-order valence-corrected chi connectivity index (χ0v) is 5.80. The van der Waals surface area contributed by atoms with Crippen molar-refractivity contribution < 1.29 is 10.4 Å². The molecule has 0 bridgehead atoms. The van der Waals surface area contributed by atoms with Crippen LogP contribution in [0.1, 0.15) is 0 Å². The van der Waals surface area contributed by atoms with Crippen LogP contribution in [0, 0.1) is 5.21 Å². The van der Waals surface area contributed by atoms with Gasteiger partial charge >= 0.3 is 0 Å². The van der Waals surface area contributed by atoms with Crippen molar-refractivity contribution in [3.8, 4) is 0 Å². The molecule has 1 rings (SSSR count). The Morgan fingerprint density at radius 3 is 2.20 bits per heavy atom. The van der Waals surface area contributed by atoms with Crippen LogP contribution in [0.3, 0.4) is 0 Å². The van der Waals surface area contributed by atoms with Crippen molar-refractivity contribution in [2.24, 2.45) is 0 Å². The van der Waals surface area contributed by atoms with Gasteiger partial charge in [0.25, 0.3) is 0 Å². The molecular weight excluding hydrogens is 154 g/mol. The summed E-state index contributed by atoms with van der Waals surface area (Å²) in [5, 5.41) is 18.3. The van der Waals surface area contributed by atoms with Crippen molar-refractivity contribution in [2.45, 2.75) is 0 Å². The highest BCUT2D eigenvalue weighted by Crippen LogP contribution is 2.09. The van der Waals surface area contributed by atoms with E-state index in [4.69, 9.17) is 16.8 Å². The van der Waals surface area contributed by atoms with E-state index < -0.39 is 5.23 Å². The first-order valence-corrected chi connectivity index (χ1v) is 3.07. The highest BCUT2D eigenvalue weighted by atomic mass is 35.5. The van der Waals surface area contributed by atoms with Crippen molar-refractivity contribution in [3.05, 3.63) is 34.5 Å². The smallest absolute Gasteiger partial charge is 0.163 e. The number of hydrogen-bond donors (Lipinski definition) is 2. The molecule has 0 heterocycles. The number of rotatable bonds is 1. The van der Waals surface area contributed by atoms with Gasteiger partial charge in [-0.3, -0.25) is 0 Å². The Morgan fingerprint density at radius 2 is 1.80 bits per heavy atom. The Hall–Kier alpha value is -0.610. The predicted molar refractivity (Wildman–Crippen MR) is 37.2 cm³/mol. The second kappa shape index (κ2) is 2.98. The van der Waals surface area contributed by atoms with E-state index in [2.05, 4.69) is 0 Å². The van der Waals surface area contributed by atoms with Crippen molar-refractivity contribution in [1.29, 1.82) is 0 Å². The lowest BCUT2D eigenvalue weighted by Gasteiger charge is -2.10. The second-order valence-corrected chi connectivity index (χ2v) is 2.25. The largest absolute Gasteiger partial charge is 0.595 e. The lowest BCUT2D eigenvalue weighted by molar-refractivity contribution is -0.991. The first kappa shape index (κ1) is 7.50. The van der Waals surface area contributed by atoms with E-state index in [1.165, 1.54) is 12.1 Å². The maximum atomic E-state index is 10.3. The van der Waals surface area contributed by atoms with Gasteiger partial charge in [0.15, 0.2) is 5.69 Å². The molecule has 0 aliphatic rings. The molecule has 1 atom stereocenters. The van der Waals surface area contributed by atoms with Crippen LogP contribution in [0.4, 0.5) is 5.69 Å². The zero-order chi connectivity index (χ0) is 7.56. The number of hydrogen-bond acceptors (Lipinski definition) is 2. The third-order valence-electron chi connectivity index (χ3n) is 1.09. The summed E-state index contributed by atoms with van der Waals surface area (Å²) >= 11 is 5.52. The maximum absolute atomic E-state index is 10.3. The van der Waals surface area contributed by atoms with Gasteiger partial charge < -0.3 is 5.21 Å². The molecule has 1 unspecified atom stereocenters. The topological polar surface area (TPSA) is 47.7 Å². The van der Waals surface area contributed by atoms with Gasteiger partial charge in [0, 0.05) is 17.2 Å². The van der Waals surface area contributed by atoms with Gasteiger partial charge in [0.05, 0.1) is 0 Å². The molecular formula is C6H6ClNO2. The highest BCUT2D eigenvalue weighted by molar-refractivity contribution is 6.30. The number of quaternary nitrogens is 1. The van der Waals surface area contributed by atoms with Crippen LogP contribution in [-0.4, -0.2) is 5.21 Å².